The summed E-state index contributed by atoms with van der Waals surface area (Å²) in [6, 6.07) is 2.09. The van der Waals surface area contributed by atoms with Gasteiger partial charge in [0, 0.05) is 6.54 Å². The van der Waals surface area contributed by atoms with Crippen LogP contribution in [0.3, 0.4) is 0 Å². The summed E-state index contributed by atoms with van der Waals surface area (Å²) in [7, 11) is 0. The maximum atomic E-state index is 8.64. The zero-order valence-corrected chi connectivity index (χ0v) is 9.52. The van der Waals surface area contributed by atoms with Gasteiger partial charge in [0.15, 0.2) is 5.13 Å². The van der Waals surface area contributed by atoms with Gasteiger partial charge in [-0.25, -0.2) is 4.98 Å². The van der Waals surface area contributed by atoms with Gasteiger partial charge >= 0.3 is 0 Å². The number of nitriles is 1. The summed E-state index contributed by atoms with van der Waals surface area (Å²) in [6.07, 6.45) is 8.46. The van der Waals surface area contributed by atoms with E-state index in [1.54, 1.807) is 6.20 Å². The number of hydrogen-bond acceptors (Lipinski definition) is 4. The summed E-state index contributed by atoms with van der Waals surface area (Å²) in [5.74, 6) is 0.910. The normalized spacial score (nSPS) is 16.5. The summed E-state index contributed by atoms with van der Waals surface area (Å²) in [5.41, 5.74) is 0. The first-order valence-corrected chi connectivity index (χ1v) is 6.30. The Labute approximate surface area is 94.1 Å². The van der Waals surface area contributed by atoms with Crippen LogP contribution in [0, 0.1) is 17.2 Å². The molecule has 0 unspecified atom stereocenters. The molecule has 1 aromatic heterocycles. The average molecular weight is 221 g/mol. The molecule has 0 saturated heterocycles. The van der Waals surface area contributed by atoms with Crippen LogP contribution in [0.1, 0.15) is 37.0 Å². The summed E-state index contributed by atoms with van der Waals surface area (Å²) in [5, 5.41) is 12.8. The van der Waals surface area contributed by atoms with Crippen molar-refractivity contribution in [2.75, 3.05) is 11.9 Å². The van der Waals surface area contributed by atoms with Crippen molar-refractivity contribution in [2.24, 2.45) is 5.92 Å². The Balaban J connectivity index is 1.71. The van der Waals surface area contributed by atoms with E-state index < -0.39 is 0 Å². The molecule has 0 amide bonds. The third-order valence-corrected chi connectivity index (χ3v) is 3.78. The highest BCUT2D eigenvalue weighted by molar-refractivity contribution is 7.16. The Bertz CT molecular complexity index is 347. The fraction of sp³-hybridized carbons (Fsp3) is 0.636. The lowest BCUT2D eigenvalue weighted by Gasteiger charge is -2.08. The average Bonchev–Trinajstić information content (AvgIpc) is 2.88. The Hall–Kier alpha value is -1.08. The molecule has 0 spiro atoms. The van der Waals surface area contributed by atoms with Crippen LogP contribution in [-0.4, -0.2) is 11.5 Å². The van der Waals surface area contributed by atoms with Crippen molar-refractivity contribution in [3.05, 3.63) is 11.1 Å². The zero-order chi connectivity index (χ0) is 10.5. The molecular weight excluding hydrogens is 206 g/mol. The minimum Gasteiger partial charge on any atom is -0.361 e. The molecule has 1 saturated carbocycles. The number of aromatic nitrogens is 1. The SMILES string of the molecule is N#Cc1cnc(NCCC2CCCC2)s1. The second kappa shape index (κ2) is 5.13. The Morgan fingerprint density at radius 1 is 1.53 bits per heavy atom. The summed E-state index contributed by atoms with van der Waals surface area (Å²) >= 11 is 1.43. The maximum Gasteiger partial charge on any atom is 0.183 e. The molecule has 0 bridgehead atoms. The van der Waals surface area contributed by atoms with Crippen molar-refractivity contribution in [3.8, 4) is 6.07 Å². The molecule has 1 N–H and O–H groups in total. The van der Waals surface area contributed by atoms with E-state index in [2.05, 4.69) is 16.4 Å². The summed E-state index contributed by atoms with van der Waals surface area (Å²) in [6.45, 7) is 0.989. The minimum absolute atomic E-state index is 0.679. The van der Waals surface area contributed by atoms with E-state index in [1.807, 2.05) is 0 Å². The van der Waals surface area contributed by atoms with Gasteiger partial charge < -0.3 is 5.32 Å². The molecule has 0 radical (unpaired) electrons. The lowest BCUT2D eigenvalue weighted by Crippen LogP contribution is -2.06. The van der Waals surface area contributed by atoms with E-state index in [9.17, 15) is 0 Å². The van der Waals surface area contributed by atoms with Gasteiger partial charge in [0.2, 0.25) is 0 Å². The third-order valence-electron chi connectivity index (χ3n) is 2.92. The van der Waals surface area contributed by atoms with Crippen LogP contribution in [0.5, 0.6) is 0 Å². The molecule has 3 nitrogen and oxygen atoms in total. The van der Waals surface area contributed by atoms with Crippen molar-refractivity contribution in [1.29, 1.82) is 5.26 Å². The zero-order valence-electron chi connectivity index (χ0n) is 8.70. The lowest BCUT2D eigenvalue weighted by molar-refractivity contribution is 0.518. The molecule has 1 heterocycles. The van der Waals surface area contributed by atoms with Crippen LogP contribution in [-0.2, 0) is 0 Å². The van der Waals surface area contributed by atoms with Gasteiger partial charge in [0.25, 0.3) is 0 Å². The number of nitrogens with zero attached hydrogens (tertiary/aromatic N) is 2. The van der Waals surface area contributed by atoms with Crippen molar-refractivity contribution < 1.29 is 0 Å². The van der Waals surface area contributed by atoms with E-state index in [0.29, 0.717) is 4.88 Å². The van der Waals surface area contributed by atoms with Crippen LogP contribution < -0.4 is 5.32 Å². The number of rotatable bonds is 4. The molecule has 80 valence electrons. The Morgan fingerprint density at radius 2 is 2.33 bits per heavy atom. The smallest absolute Gasteiger partial charge is 0.183 e. The van der Waals surface area contributed by atoms with Gasteiger partial charge in [-0.2, -0.15) is 5.26 Å². The van der Waals surface area contributed by atoms with E-state index in [0.717, 1.165) is 17.6 Å². The van der Waals surface area contributed by atoms with Crippen LogP contribution >= 0.6 is 11.3 Å². The number of anilines is 1. The van der Waals surface area contributed by atoms with Gasteiger partial charge in [-0.15, -0.1) is 0 Å². The molecule has 2 rings (SSSR count). The van der Waals surface area contributed by atoms with E-state index in [1.165, 1.54) is 43.4 Å². The highest BCUT2D eigenvalue weighted by Crippen LogP contribution is 2.27. The van der Waals surface area contributed by atoms with Crippen molar-refractivity contribution in [3.63, 3.8) is 0 Å². The lowest BCUT2D eigenvalue weighted by atomic mass is 10.0. The fourth-order valence-corrected chi connectivity index (χ4v) is 2.73. The molecular formula is C11H15N3S. The van der Waals surface area contributed by atoms with Crippen LogP contribution in [0.15, 0.2) is 6.20 Å². The molecule has 1 aliphatic rings. The Kier molecular flexibility index (Phi) is 3.57. The number of nitrogens with one attached hydrogen (secondary N) is 1. The summed E-state index contributed by atoms with van der Waals surface area (Å²) < 4.78 is 0. The quantitative estimate of drug-likeness (QED) is 0.850. The molecule has 0 atom stereocenters. The first kappa shape index (κ1) is 10.4. The van der Waals surface area contributed by atoms with Crippen molar-refractivity contribution >= 4 is 16.5 Å². The summed E-state index contributed by atoms with van der Waals surface area (Å²) in [4.78, 5) is 4.82. The van der Waals surface area contributed by atoms with Gasteiger partial charge in [-0.3, -0.25) is 0 Å². The topological polar surface area (TPSA) is 48.7 Å². The third kappa shape index (κ3) is 2.93. The van der Waals surface area contributed by atoms with E-state index in [4.69, 9.17) is 5.26 Å². The standard InChI is InChI=1S/C11H15N3S/c12-7-10-8-14-11(15-10)13-6-5-9-3-1-2-4-9/h8-9H,1-6H2,(H,13,14). The fourth-order valence-electron chi connectivity index (χ4n) is 2.09. The molecule has 1 fully saturated rings. The van der Waals surface area contributed by atoms with Gasteiger partial charge in [0.05, 0.1) is 6.20 Å². The van der Waals surface area contributed by atoms with Gasteiger partial charge in [0.1, 0.15) is 10.9 Å². The molecule has 1 aromatic rings. The van der Waals surface area contributed by atoms with Crippen LogP contribution in [0.2, 0.25) is 0 Å². The predicted octanol–water partition coefficient (Wildman–Crippen LogP) is 3.01. The number of thiazole rings is 1. The second-order valence-electron chi connectivity index (χ2n) is 4.01. The van der Waals surface area contributed by atoms with Gasteiger partial charge in [-0.1, -0.05) is 37.0 Å². The monoisotopic (exact) mass is 221 g/mol. The highest BCUT2D eigenvalue weighted by atomic mass is 32.1. The van der Waals surface area contributed by atoms with E-state index >= 15 is 0 Å². The second-order valence-corrected chi connectivity index (χ2v) is 5.04. The highest BCUT2D eigenvalue weighted by Gasteiger charge is 2.14. The maximum absolute atomic E-state index is 8.64. The molecule has 4 heteroatoms. The van der Waals surface area contributed by atoms with Crippen LogP contribution in [0.25, 0.3) is 0 Å². The van der Waals surface area contributed by atoms with E-state index in [-0.39, 0.29) is 0 Å². The first-order chi connectivity index (χ1) is 7.38. The van der Waals surface area contributed by atoms with Crippen molar-refractivity contribution in [1.82, 2.24) is 4.98 Å². The van der Waals surface area contributed by atoms with Crippen molar-refractivity contribution in [2.45, 2.75) is 32.1 Å². The molecule has 0 aromatic carbocycles. The largest absolute Gasteiger partial charge is 0.361 e. The van der Waals surface area contributed by atoms with Gasteiger partial charge in [-0.05, 0) is 12.3 Å². The molecule has 15 heavy (non-hydrogen) atoms. The molecule has 1 aliphatic carbocycles. The number of hydrogen-bond donors (Lipinski definition) is 1. The van der Waals surface area contributed by atoms with Crippen LogP contribution in [0.4, 0.5) is 5.13 Å². The minimum atomic E-state index is 0.679. The first-order valence-electron chi connectivity index (χ1n) is 5.48. The predicted molar refractivity (Wildman–Crippen MR) is 61.9 cm³/mol. The Morgan fingerprint density at radius 3 is 3.00 bits per heavy atom. The molecule has 0 aliphatic heterocycles.